The third-order valence-corrected chi connectivity index (χ3v) is 12.0. The monoisotopic (exact) mass is 932 g/mol. The number of rotatable bonds is 47. The minimum Gasteiger partial charge on any atom is -0.756 e. The molecule has 10 heteroatoms. The molecule has 0 bridgehead atoms. The summed E-state index contributed by atoms with van der Waals surface area (Å²) in [5, 5.41) is 0. The van der Waals surface area contributed by atoms with Crippen LogP contribution in [-0.4, -0.2) is 70.0 Å². The van der Waals surface area contributed by atoms with Crippen LogP contribution in [0.15, 0.2) is 72.9 Å². The number of carbonyl (C=O) groups excluding carboxylic acids is 2. The SMILES string of the molecule is CC/C=C\C/C=C\C/C=C\C/C=C\C/C=C\C/C=C\CCCCCCCCC(=O)OC(COC(=O)CCCCCCCCCCCCCCCCCC)COP(=O)([O-])OCC[N+](C)(C)C. The molecule has 9 nitrogen and oxygen atoms in total. The molecule has 0 aromatic carbocycles. The normalized spacial score (nSPS) is 14.0. The second-order valence-corrected chi connectivity index (χ2v) is 19.9. The molecule has 0 aliphatic carbocycles. The zero-order valence-corrected chi connectivity index (χ0v) is 43.3. The number of allylic oxidation sites excluding steroid dienone is 12. The minimum absolute atomic E-state index is 0.0362. The average Bonchev–Trinajstić information content (AvgIpc) is 3.26. The Morgan fingerprint density at radius 1 is 0.492 bits per heavy atom. The Hall–Kier alpha value is -2.55. The van der Waals surface area contributed by atoms with E-state index in [9.17, 15) is 19.0 Å². The molecule has 2 unspecified atom stereocenters. The van der Waals surface area contributed by atoms with Gasteiger partial charge in [-0.15, -0.1) is 0 Å². The predicted octanol–water partition coefficient (Wildman–Crippen LogP) is 15.1. The summed E-state index contributed by atoms with van der Waals surface area (Å²) in [7, 11) is 1.15. The molecule has 2 atom stereocenters. The molecule has 0 spiro atoms. The Bertz CT molecular complexity index is 1330. The van der Waals surface area contributed by atoms with Crippen molar-refractivity contribution in [2.75, 3.05) is 47.5 Å². The average molecular weight is 932 g/mol. The number of likely N-dealkylation sites (N-methyl/N-ethyl adjacent to an activating group) is 1. The molecule has 0 radical (unpaired) electrons. The summed E-state index contributed by atoms with van der Waals surface area (Å²) in [6.07, 6.45) is 59.3. The van der Waals surface area contributed by atoms with Crippen LogP contribution in [0.25, 0.3) is 0 Å². The van der Waals surface area contributed by atoms with E-state index >= 15 is 0 Å². The fraction of sp³-hybridized carbons (Fsp3) is 0.745. The number of esters is 2. The van der Waals surface area contributed by atoms with E-state index < -0.39 is 26.5 Å². The smallest absolute Gasteiger partial charge is 0.306 e. The number of hydrogen-bond acceptors (Lipinski definition) is 8. The highest BCUT2D eigenvalue weighted by atomic mass is 31.2. The Balaban J connectivity index is 4.28. The molecule has 65 heavy (non-hydrogen) atoms. The summed E-state index contributed by atoms with van der Waals surface area (Å²) in [5.74, 6) is -0.849. The maximum Gasteiger partial charge on any atom is 0.306 e. The number of nitrogens with zero attached hydrogens (tertiary/aromatic N) is 1. The highest BCUT2D eigenvalue weighted by Gasteiger charge is 2.21. The van der Waals surface area contributed by atoms with Crippen molar-refractivity contribution in [2.24, 2.45) is 0 Å². The second-order valence-electron chi connectivity index (χ2n) is 18.5. The van der Waals surface area contributed by atoms with E-state index in [1.165, 1.54) is 83.5 Å². The van der Waals surface area contributed by atoms with E-state index in [-0.39, 0.29) is 32.0 Å². The minimum atomic E-state index is -4.64. The fourth-order valence-corrected chi connectivity index (χ4v) is 7.68. The van der Waals surface area contributed by atoms with E-state index in [1.54, 1.807) is 0 Å². The lowest BCUT2D eigenvalue weighted by atomic mass is 10.0. The Morgan fingerprint density at radius 2 is 0.877 bits per heavy atom. The lowest BCUT2D eigenvalue weighted by molar-refractivity contribution is -0.870. The zero-order valence-electron chi connectivity index (χ0n) is 42.4. The van der Waals surface area contributed by atoms with Gasteiger partial charge in [0, 0.05) is 12.8 Å². The van der Waals surface area contributed by atoms with E-state index in [4.69, 9.17) is 18.5 Å². The topological polar surface area (TPSA) is 111 Å². The van der Waals surface area contributed by atoms with Gasteiger partial charge >= 0.3 is 11.9 Å². The summed E-state index contributed by atoms with van der Waals surface area (Å²) in [5.41, 5.74) is 0. The largest absolute Gasteiger partial charge is 0.756 e. The van der Waals surface area contributed by atoms with Crippen molar-refractivity contribution in [2.45, 2.75) is 219 Å². The summed E-state index contributed by atoms with van der Waals surface area (Å²) in [6.45, 7) is 4.11. The first-order chi connectivity index (χ1) is 31.5. The lowest BCUT2D eigenvalue weighted by Gasteiger charge is -2.28. The quantitative estimate of drug-likeness (QED) is 0.0195. The summed E-state index contributed by atoms with van der Waals surface area (Å²) in [4.78, 5) is 37.7. The number of phosphoric acid groups is 1. The van der Waals surface area contributed by atoms with Crippen LogP contribution in [0.1, 0.15) is 213 Å². The van der Waals surface area contributed by atoms with Gasteiger partial charge in [-0.05, 0) is 64.2 Å². The highest BCUT2D eigenvalue weighted by molar-refractivity contribution is 7.45. The van der Waals surface area contributed by atoms with Gasteiger partial charge in [-0.3, -0.25) is 14.2 Å². The van der Waals surface area contributed by atoms with E-state index in [0.717, 1.165) is 96.3 Å². The zero-order chi connectivity index (χ0) is 47.8. The number of unbranched alkanes of at least 4 members (excludes halogenated alkanes) is 21. The maximum absolute atomic E-state index is 12.8. The molecule has 0 saturated heterocycles. The van der Waals surface area contributed by atoms with Crippen LogP contribution < -0.4 is 4.89 Å². The Morgan fingerprint density at radius 3 is 1.31 bits per heavy atom. The van der Waals surface area contributed by atoms with Gasteiger partial charge in [-0.1, -0.05) is 209 Å². The summed E-state index contributed by atoms with van der Waals surface area (Å²) in [6, 6.07) is 0. The van der Waals surface area contributed by atoms with Crippen molar-refractivity contribution < 1.29 is 42.1 Å². The van der Waals surface area contributed by atoms with Crippen LogP contribution >= 0.6 is 7.82 Å². The molecule has 0 amide bonds. The number of hydrogen-bond donors (Lipinski definition) is 0. The van der Waals surface area contributed by atoms with Crippen molar-refractivity contribution >= 4 is 19.8 Å². The van der Waals surface area contributed by atoms with Crippen LogP contribution in [0.3, 0.4) is 0 Å². The molecule has 0 aliphatic rings. The first-order valence-corrected chi connectivity index (χ1v) is 27.6. The molecule has 0 N–H and O–H groups in total. The molecule has 0 rings (SSSR count). The van der Waals surface area contributed by atoms with Crippen molar-refractivity contribution in [3.05, 3.63) is 72.9 Å². The predicted molar refractivity (Wildman–Crippen MR) is 273 cm³/mol. The van der Waals surface area contributed by atoms with E-state index in [2.05, 4.69) is 86.8 Å². The van der Waals surface area contributed by atoms with Gasteiger partial charge in [-0.25, -0.2) is 0 Å². The summed E-state index contributed by atoms with van der Waals surface area (Å²) >= 11 is 0. The van der Waals surface area contributed by atoms with Crippen molar-refractivity contribution in [1.29, 1.82) is 0 Å². The molecule has 0 saturated carbocycles. The second kappa shape index (κ2) is 46.6. The van der Waals surface area contributed by atoms with Gasteiger partial charge in [0.05, 0.1) is 27.7 Å². The summed E-state index contributed by atoms with van der Waals surface area (Å²) < 4.78 is 34.0. The number of ether oxygens (including phenoxy) is 2. The van der Waals surface area contributed by atoms with Gasteiger partial charge in [0.15, 0.2) is 6.10 Å². The molecule has 0 aromatic heterocycles. The van der Waals surface area contributed by atoms with Crippen molar-refractivity contribution in [3.8, 4) is 0 Å². The first kappa shape index (κ1) is 62.4. The Kier molecular flexibility index (Phi) is 44.7. The number of phosphoric ester groups is 1. The maximum atomic E-state index is 12.8. The molecule has 376 valence electrons. The third-order valence-electron chi connectivity index (χ3n) is 11.0. The van der Waals surface area contributed by atoms with Gasteiger partial charge in [0.1, 0.15) is 19.8 Å². The third kappa shape index (κ3) is 50.7. The molecule has 0 heterocycles. The van der Waals surface area contributed by atoms with Crippen molar-refractivity contribution in [1.82, 2.24) is 0 Å². The van der Waals surface area contributed by atoms with Crippen LogP contribution in [0.5, 0.6) is 0 Å². The Labute approximate surface area is 399 Å². The van der Waals surface area contributed by atoms with Crippen LogP contribution in [0, 0.1) is 0 Å². The fourth-order valence-electron chi connectivity index (χ4n) is 6.95. The first-order valence-electron chi connectivity index (χ1n) is 26.1. The van der Waals surface area contributed by atoms with Gasteiger partial charge < -0.3 is 27.9 Å². The number of carbonyl (C=O) groups is 2. The van der Waals surface area contributed by atoms with Crippen LogP contribution in [0.4, 0.5) is 0 Å². The van der Waals surface area contributed by atoms with Gasteiger partial charge in [0.2, 0.25) is 0 Å². The van der Waals surface area contributed by atoms with E-state index in [0.29, 0.717) is 17.4 Å². The number of quaternary nitrogens is 1. The van der Waals surface area contributed by atoms with Gasteiger partial charge in [-0.2, -0.15) is 0 Å². The van der Waals surface area contributed by atoms with Crippen LogP contribution in [0.2, 0.25) is 0 Å². The molecule has 0 fully saturated rings. The van der Waals surface area contributed by atoms with Gasteiger partial charge in [0.25, 0.3) is 7.82 Å². The van der Waals surface area contributed by atoms with Crippen LogP contribution in [-0.2, 0) is 32.7 Å². The van der Waals surface area contributed by atoms with E-state index in [1.807, 2.05) is 21.1 Å². The molecule has 0 aromatic rings. The molecule has 0 aliphatic heterocycles. The lowest BCUT2D eigenvalue weighted by Crippen LogP contribution is -2.37. The highest BCUT2D eigenvalue weighted by Crippen LogP contribution is 2.38. The molecular weight excluding hydrogens is 834 g/mol. The molecular formula is C55H98NO8P. The van der Waals surface area contributed by atoms with Crippen molar-refractivity contribution in [3.63, 3.8) is 0 Å². The standard InChI is InChI=1S/C55H98NO8P/c1-6-8-10-12-14-16-18-20-22-24-25-26-27-28-29-30-31-32-34-36-38-40-42-44-46-48-55(58)64-53(52-63-65(59,60)62-50-49-56(3,4)5)51-61-54(57)47-45-43-41-39-37-35-33-23-21-19-17-15-13-11-9-7-2/h8,10,14,16,20,22,25-26,28-29,31-32,53H,6-7,9,11-13,15,17-19,21,23-24,27,30,33-52H2,1-5H3/b10-8-,16-14-,22-20-,26-25-,29-28-,32-31-.